The lowest BCUT2D eigenvalue weighted by molar-refractivity contribution is -0.152. The van der Waals surface area contributed by atoms with Crippen LogP contribution in [0.3, 0.4) is 0 Å². The highest BCUT2D eigenvalue weighted by atomic mass is 32.2. The smallest absolute Gasteiger partial charge is 0.408 e. The van der Waals surface area contributed by atoms with Crippen molar-refractivity contribution in [3.05, 3.63) is 28.2 Å². The number of aliphatic imine (C=N–C) groups is 1. The molecule has 9 nitrogen and oxygen atoms in total. The molecular formula is C30H48N4O5S3. The minimum Gasteiger partial charge on any atom is -0.457 e. The number of aromatic nitrogens is 1. The molecule has 0 fully saturated rings. The van der Waals surface area contributed by atoms with E-state index in [0.29, 0.717) is 27.9 Å². The molecule has 1 aromatic rings. The zero-order chi connectivity index (χ0) is 31.3. The van der Waals surface area contributed by atoms with Crippen molar-refractivity contribution >= 4 is 57.9 Å². The molecule has 0 saturated heterocycles. The van der Waals surface area contributed by atoms with Crippen molar-refractivity contribution in [1.82, 2.24) is 15.6 Å². The Morgan fingerprint density at radius 3 is 2.57 bits per heavy atom. The van der Waals surface area contributed by atoms with Gasteiger partial charge in [0.15, 0.2) is 0 Å². The SMILES string of the molecule is CCC(C)CSCCC=CC(CC)OC(=O)C(NC(=O)C1CSC(c2csc(CNC(=O)OC(C)(C)C)n2)=N1)C(C)C. The summed E-state index contributed by atoms with van der Waals surface area (Å²) in [6, 6.07) is -1.39. The first-order chi connectivity index (χ1) is 19.8. The van der Waals surface area contributed by atoms with Gasteiger partial charge in [0.25, 0.3) is 0 Å². The third kappa shape index (κ3) is 13.1. The summed E-state index contributed by atoms with van der Waals surface area (Å²) in [5.41, 5.74) is 0.0891. The van der Waals surface area contributed by atoms with Gasteiger partial charge < -0.3 is 20.1 Å². The number of esters is 1. The van der Waals surface area contributed by atoms with Crippen LogP contribution in [-0.4, -0.2) is 69.0 Å². The van der Waals surface area contributed by atoms with E-state index < -0.39 is 29.7 Å². The van der Waals surface area contributed by atoms with Crippen LogP contribution in [0.15, 0.2) is 22.5 Å². The fraction of sp³-hybridized carbons (Fsp3) is 0.700. The van der Waals surface area contributed by atoms with Crippen LogP contribution in [0.5, 0.6) is 0 Å². The van der Waals surface area contributed by atoms with E-state index in [0.717, 1.165) is 23.8 Å². The summed E-state index contributed by atoms with van der Waals surface area (Å²) >= 11 is 4.80. The van der Waals surface area contributed by atoms with Crippen molar-refractivity contribution in [3.8, 4) is 0 Å². The molecule has 0 bridgehead atoms. The van der Waals surface area contributed by atoms with Gasteiger partial charge in [0.05, 0.1) is 6.54 Å². The van der Waals surface area contributed by atoms with Crippen molar-refractivity contribution in [2.75, 3.05) is 17.3 Å². The molecule has 2 amide bonds. The Hall–Kier alpha value is -2.05. The molecule has 2 N–H and O–H groups in total. The first-order valence-corrected chi connectivity index (χ1v) is 17.7. The summed E-state index contributed by atoms with van der Waals surface area (Å²) in [5.74, 6) is 2.51. The number of rotatable bonds is 16. The summed E-state index contributed by atoms with van der Waals surface area (Å²) in [6.07, 6.45) is 5.99. The van der Waals surface area contributed by atoms with Gasteiger partial charge in [-0.25, -0.2) is 14.6 Å². The molecule has 1 aliphatic heterocycles. The highest BCUT2D eigenvalue weighted by Gasteiger charge is 2.33. The van der Waals surface area contributed by atoms with Gasteiger partial charge in [-0.15, -0.1) is 23.1 Å². The van der Waals surface area contributed by atoms with E-state index in [1.165, 1.54) is 29.5 Å². The van der Waals surface area contributed by atoms with Gasteiger partial charge in [-0.05, 0) is 63.0 Å². The first kappa shape index (κ1) is 36.1. The van der Waals surface area contributed by atoms with Crippen LogP contribution in [0.25, 0.3) is 0 Å². The van der Waals surface area contributed by atoms with Gasteiger partial charge in [-0.2, -0.15) is 11.8 Å². The number of hydrogen-bond acceptors (Lipinski definition) is 10. The molecule has 4 atom stereocenters. The maximum atomic E-state index is 13.1. The molecule has 0 aliphatic carbocycles. The van der Waals surface area contributed by atoms with E-state index in [9.17, 15) is 14.4 Å². The van der Waals surface area contributed by atoms with Gasteiger partial charge in [-0.1, -0.05) is 47.1 Å². The number of allylic oxidation sites excluding steroid dienone is 1. The third-order valence-electron chi connectivity index (χ3n) is 6.27. The molecule has 1 aromatic heterocycles. The monoisotopic (exact) mass is 640 g/mol. The number of amides is 2. The van der Waals surface area contributed by atoms with Crippen LogP contribution in [0.1, 0.15) is 85.4 Å². The van der Waals surface area contributed by atoms with E-state index in [-0.39, 0.29) is 24.5 Å². The third-order valence-corrected chi connectivity index (χ3v) is 9.52. The number of ether oxygens (including phenoxy) is 2. The van der Waals surface area contributed by atoms with Crippen LogP contribution in [0.4, 0.5) is 4.79 Å². The summed E-state index contributed by atoms with van der Waals surface area (Å²) in [6.45, 7) is 15.9. The van der Waals surface area contributed by atoms with E-state index in [4.69, 9.17) is 9.47 Å². The molecule has 0 aromatic carbocycles. The van der Waals surface area contributed by atoms with Crippen molar-refractivity contribution in [2.45, 2.75) is 105 Å². The largest absolute Gasteiger partial charge is 0.457 e. The number of thioether (sulfide) groups is 2. The Balaban J connectivity index is 1.89. The highest BCUT2D eigenvalue weighted by molar-refractivity contribution is 8.14. The van der Waals surface area contributed by atoms with Gasteiger partial charge in [0, 0.05) is 11.1 Å². The fourth-order valence-corrected chi connectivity index (χ4v) is 6.53. The van der Waals surface area contributed by atoms with Gasteiger partial charge in [-0.3, -0.25) is 9.79 Å². The van der Waals surface area contributed by atoms with Gasteiger partial charge >= 0.3 is 12.1 Å². The average molecular weight is 641 g/mol. The fourth-order valence-electron chi connectivity index (χ4n) is 3.63. The molecule has 12 heteroatoms. The van der Waals surface area contributed by atoms with Crippen molar-refractivity contribution in [1.29, 1.82) is 0 Å². The number of carbonyl (C=O) groups is 3. The van der Waals surface area contributed by atoms with Gasteiger partial charge in [0.2, 0.25) is 5.91 Å². The average Bonchev–Trinajstić information content (AvgIpc) is 3.60. The molecule has 0 radical (unpaired) electrons. The zero-order valence-corrected chi connectivity index (χ0v) is 28.7. The Morgan fingerprint density at radius 1 is 1.19 bits per heavy atom. The number of nitrogens with zero attached hydrogens (tertiary/aromatic N) is 2. The van der Waals surface area contributed by atoms with Crippen LogP contribution in [0, 0.1) is 11.8 Å². The van der Waals surface area contributed by atoms with Gasteiger partial charge in [0.1, 0.15) is 39.5 Å². The molecule has 4 unspecified atom stereocenters. The van der Waals surface area contributed by atoms with Crippen molar-refractivity contribution in [2.24, 2.45) is 16.8 Å². The molecule has 0 spiro atoms. The molecule has 2 rings (SSSR count). The normalized spacial score (nSPS) is 17.5. The topological polar surface area (TPSA) is 119 Å². The van der Waals surface area contributed by atoms with Crippen LogP contribution in [-0.2, 0) is 25.6 Å². The molecular weight excluding hydrogens is 593 g/mol. The maximum Gasteiger partial charge on any atom is 0.408 e. The number of hydrogen-bond donors (Lipinski definition) is 2. The predicted molar refractivity (Wildman–Crippen MR) is 175 cm³/mol. The lowest BCUT2D eigenvalue weighted by Gasteiger charge is -2.24. The molecule has 2 heterocycles. The Bertz CT molecular complexity index is 1080. The Morgan fingerprint density at radius 2 is 1.93 bits per heavy atom. The van der Waals surface area contributed by atoms with Crippen LogP contribution >= 0.6 is 34.9 Å². The zero-order valence-electron chi connectivity index (χ0n) is 26.2. The predicted octanol–water partition coefficient (Wildman–Crippen LogP) is 6.22. The van der Waals surface area contributed by atoms with Crippen LogP contribution < -0.4 is 10.6 Å². The number of nitrogens with one attached hydrogen (secondary N) is 2. The van der Waals surface area contributed by atoms with Crippen molar-refractivity contribution < 1.29 is 23.9 Å². The highest BCUT2D eigenvalue weighted by Crippen LogP contribution is 2.25. The second-order valence-electron chi connectivity index (χ2n) is 11.7. The molecule has 42 heavy (non-hydrogen) atoms. The van der Waals surface area contributed by atoms with Crippen molar-refractivity contribution in [3.63, 3.8) is 0 Å². The lowest BCUT2D eigenvalue weighted by Crippen LogP contribution is -2.49. The maximum absolute atomic E-state index is 13.1. The molecule has 1 aliphatic rings. The molecule has 0 saturated carbocycles. The first-order valence-electron chi connectivity index (χ1n) is 14.7. The standard InChI is InChI=1S/C30H48N4O5S3/c1-9-20(5)16-40-14-12-11-13-21(10-2)38-28(36)25(19(3)4)34-26(35)22-17-42-27(33-22)23-18-41-24(32-23)15-31-29(37)39-30(6,7)8/h11,13,18-22,25H,9-10,12,14-17H2,1-8H3,(H,31,37)(H,34,35). The van der Waals surface area contributed by atoms with E-state index in [1.807, 2.05) is 44.0 Å². The van der Waals surface area contributed by atoms with E-state index in [1.54, 1.807) is 20.8 Å². The number of alkyl carbamates (subject to hydrolysis) is 1. The Kier molecular flexibility index (Phi) is 15.4. The number of thiazole rings is 1. The summed E-state index contributed by atoms with van der Waals surface area (Å²) in [4.78, 5) is 47.2. The lowest BCUT2D eigenvalue weighted by atomic mass is 10.0. The number of carbonyl (C=O) groups excluding carboxylic acids is 3. The van der Waals surface area contributed by atoms with Crippen LogP contribution in [0.2, 0.25) is 0 Å². The summed E-state index contributed by atoms with van der Waals surface area (Å²) in [5, 5.41) is 8.80. The minimum atomic E-state index is -0.764. The minimum absolute atomic E-state index is 0.143. The quantitative estimate of drug-likeness (QED) is 0.124. The van der Waals surface area contributed by atoms with E-state index >= 15 is 0 Å². The van der Waals surface area contributed by atoms with E-state index in [2.05, 4.69) is 40.5 Å². The second-order valence-corrected chi connectivity index (χ2v) is 14.8. The summed E-state index contributed by atoms with van der Waals surface area (Å²) < 4.78 is 11.0. The second kappa shape index (κ2) is 17.9. The Labute approximate surface area is 263 Å². The summed E-state index contributed by atoms with van der Waals surface area (Å²) in [7, 11) is 0. The molecule has 236 valence electrons.